The van der Waals surface area contributed by atoms with Crippen LogP contribution in [-0.4, -0.2) is 43.8 Å². The normalized spacial score (nSPS) is 15.8. The van der Waals surface area contributed by atoms with Gasteiger partial charge < -0.3 is 14.5 Å². The first kappa shape index (κ1) is 13.9. The summed E-state index contributed by atoms with van der Waals surface area (Å²) in [6.07, 6.45) is 1.61. The maximum Gasteiger partial charge on any atom is 0.253 e. The van der Waals surface area contributed by atoms with Gasteiger partial charge in [0.1, 0.15) is 5.76 Å². The van der Waals surface area contributed by atoms with Gasteiger partial charge in [-0.3, -0.25) is 9.69 Å². The lowest BCUT2D eigenvalue weighted by Gasteiger charge is -2.26. The minimum Gasteiger partial charge on any atom is -0.464 e. The average molecular weight is 286 g/mol. The van der Waals surface area contributed by atoms with Crippen LogP contribution >= 0.6 is 0 Å². The summed E-state index contributed by atoms with van der Waals surface area (Å²) >= 11 is 0. The van der Waals surface area contributed by atoms with Crippen LogP contribution < -0.4 is 5.32 Å². The third-order valence-electron chi connectivity index (χ3n) is 3.53. The third kappa shape index (κ3) is 3.32. The van der Waals surface area contributed by atoms with E-state index in [2.05, 4.69) is 10.2 Å². The molecule has 1 fully saturated rings. The van der Waals surface area contributed by atoms with Crippen molar-refractivity contribution >= 4 is 5.91 Å². The fourth-order valence-electron chi connectivity index (χ4n) is 2.37. The topological polar surface area (TPSA) is 54.7 Å². The molecule has 0 saturated carbocycles. The van der Waals surface area contributed by atoms with E-state index in [1.165, 1.54) is 0 Å². The molecule has 0 atom stereocenters. The molecule has 0 spiro atoms. The summed E-state index contributed by atoms with van der Waals surface area (Å²) in [5.41, 5.74) is 1.43. The van der Waals surface area contributed by atoms with Gasteiger partial charge in [0, 0.05) is 18.7 Å². The highest BCUT2D eigenvalue weighted by Crippen LogP contribution is 2.23. The highest BCUT2D eigenvalue weighted by Gasteiger charge is 2.16. The molecular weight excluding hydrogens is 268 g/mol. The van der Waals surface area contributed by atoms with E-state index in [1.54, 1.807) is 6.26 Å². The molecule has 1 amide bonds. The van der Waals surface area contributed by atoms with Gasteiger partial charge in [0.2, 0.25) is 0 Å². The lowest BCUT2D eigenvalue weighted by Crippen LogP contribution is -2.43. The second-order valence-corrected chi connectivity index (χ2v) is 4.92. The van der Waals surface area contributed by atoms with Crippen LogP contribution in [0.5, 0.6) is 0 Å². The molecule has 0 unspecified atom stereocenters. The summed E-state index contributed by atoms with van der Waals surface area (Å²) in [5.74, 6) is 0.612. The number of morpholine rings is 1. The molecular formula is C16H18N2O3. The van der Waals surface area contributed by atoms with E-state index in [4.69, 9.17) is 9.15 Å². The second kappa shape index (κ2) is 6.56. The zero-order valence-electron chi connectivity index (χ0n) is 11.7. The van der Waals surface area contributed by atoms with E-state index in [0.29, 0.717) is 18.0 Å². The summed E-state index contributed by atoms with van der Waals surface area (Å²) in [7, 11) is 0. The van der Waals surface area contributed by atoms with Crippen molar-refractivity contribution in [1.82, 2.24) is 10.2 Å². The van der Waals surface area contributed by atoms with E-state index in [-0.39, 0.29) is 5.91 Å². The van der Waals surface area contributed by atoms with Crippen LogP contribution in [0.15, 0.2) is 47.1 Å². The van der Waals surface area contributed by atoms with E-state index in [1.807, 2.05) is 36.4 Å². The molecule has 2 heterocycles. The molecule has 1 aromatic heterocycles. The number of ether oxygens (including phenoxy) is 1. The molecule has 5 nitrogen and oxygen atoms in total. The van der Waals surface area contributed by atoms with E-state index in [9.17, 15) is 4.79 Å². The van der Waals surface area contributed by atoms with E-state index in [0.717, 1.165) is 31.9 Å². The molecule has 0 aliphatic carbocycles. The number of nitrogens with one attached hydrogen (secondary N) is 1. The fourth-order valence-corrected chi connectivity index (χ4v) is 2.37. The molecule has 21 heavy (non-hydrogen) atoms. The van der Waals surface area contributed by atoms with Crippen molar-refractivity contribution in [2.24, 2.45) is 0 Å². The van der Waals surface area contributed by atoms with E-state index >= 15 is 0 Å². The van der Waals surface area contributed by atoms with Gasteiger partial charge in [0.15, 0.2) is 0 Å². The first-order chi connectivity index (χ1) is 10.3. The maximum absolute atomic E-state index is 12.4. The van der Waals surface area contributed by atoms with Crippen molar-refractivity contribution in [3.05, 3.63) is 48.2 Å². The van der Waals surface area contributed by atoms with Crippen LogP contribution in [0.3, 0.4) is 0 Å². The first-order valence-corrected chi connectivity index (χ1v) is 7.06. The molecule has 2 aromatic rings. The molecule has 1 N–H and O–H groups in total. The van der Waals surface area contributed by atoms with Crippen LogP contribution in [0.4, 0.5) is 0 Å². The van der Waals surface area contributed by atoms with Gasteiger partial charge in [-0.1, -0.05) is 18.2 Å². The number of rotatable bonds is 4. The molecule has 1 aliphatic rings. The Balaban J connectivity index is 1.70. The van der Waals surface area contributed by atoms with Crippen LogP contribution in [-0.2, 0) is 4.74 Å². The minimum absolute atomic E-state index is 0.0894. The largest absolute Gasteiger partial charge is 0.464 e. The Morgan fingerprint density at radius 2 is 1.95 bits per heavy atom. The number of furan rings is 1. The molecule has 3 rings (SSSR count). The number of carbonyl (C=O) groups is 1. The highest BCUT2D eigenvalue weighted by atomic mass is 16.5. The number of benzene rings is 1. The number of hydrogen-bond acceptors (Lipinski definition) is 4. The van der Waals surface area contributed by atoms with Gasteiger partial charge in [-0.2, -0.15) is 0 Å². The predicted octanol–water partition coefficient (Wildman–Crippen LogP) is 1.97. The Kier molecular flexibility index (Phi) is 4.33. The molecule has 0 bridgehead atoms. The number of nitrogens with zero attached hydrogens (tertiary/aromatic N) is 1. The van der Waals surface area contributed by atoms with Crippen molar-refractivity contribution in [3.8, 4) is 11.3 Å². The summed E-state index contributed by atoms with van der Waals surface area (Å²) in [6, 6.07) is 11.1. The van der Waals surface area contributed by atoms with Crippen molar-refractivity contribution in [3.63, 3.8) is 0 Å². The number of amides is 1. The lowest BCUT2D eigenvalue weighted by atomic mass is 10.0. The third-order valence-corrected chi connectivity index (χ3v) is 3.53. The molecule has 110 valence electrons. The zero-order valence-corrected chi connectivity index (χ0v) is 11.7. The summed E-state index contributed by atoms with van der Waals surface area (Å²) in [6.45, 7) is 3.67. The Morgan fingerprint density at radius 1 is 1.14 bits per heavy atom. The van der Waals surface area contributed by atoms with Crippen LogP contribution in [0.1, 0.15) is 10.4 Å². The Bertz CT molecular complexity index is 589. The maximum atomic E-state index is 12.4. The first-order valence-electron chi connectivity index (χ1n) is 7.06. The number of hydrogen-bond donors (Lipinski definition) is 1. The van der Waals surface area contributed by atoms with Gasteiger partial charge in [-0.25, -0.2) is 0 Å². The van der Waals surface area contributed by atoms with Gasteiger partial charge >= 0.3 is 0 Å². The molecule has 1 aromatic carbocycles. The van der Waals surface area contributed by atoms with E-state index < -0.39 is 0 Å². The van der Waals surface area contributed by atoms with Crippen molar-refractivity contribution in [1.29, 1.82) is 0 Å². The van der Waals surface area contributed by atoms with Gasteiger partial charge in [0.05, 0.1) is 31.7 Å². The molecule has 1 aliphatic heterocycles. The Hall–Kier alpha value is -2.11. The van der Waals surface area contributed by atoms with Crippen molar-refractivity contribution < 1.29 is 13.9 Å². The molecule has 0 radical (unpaired) electrons. The van der Waals surface area contributed by atoms with Gasteiger partial charge in [0.25, 0.3) is 5.91 Å². The van der Waals surface area contributed by atoms with Gasteiger partial charge in [-0.15, -0.1) is 0 Å². The van der Waals surface area contributed by atoms with Gasteiger partial charge in [-0.05, 0) is 18.2 Å². The average Bonchev–Trinajstić information content (AvgIpc) is 3.08. The van der Waals surface area contributed by atoms with Crippen LogP contribution in [0.2, 0.25) is 0 Å². The highest BCUT2D eigenvalue weighted by molar-refractivity contribution is 6.00. The zero-order chi connectivity index (χ0) is 14.5. The quantitative estimate of drug-likeness (QED) is 0.933. The fraction of sp³-hybridized carbons (Fsp3) is 0.312. The summed E-state index contributed by atoms with van der Waals surface area (Å²) in [5, 5.41) is 2.96. The number of carbonyl (C=O) groups excluding carboxylic acids is 1. The monoisotopic (exact) mass is 286 g/mol. The Labute approximate surface area is 123 Å². The Morgan fingerprint density at radius 3 is 2.71 bits per heavy atom. The van der Waals surface area contributed by atoms with Crippen molar-refractivity contribution in [2.45, 2.75) is 0 Å². The SMILES string of the molecule is O=C(NCN1CCOCC1)c1ccccc1-c1ccco1. The molecule has 1 saturated heterocycles. The molecule has 5 heteroatoms. The van der Waals surface area contributed by atoms with Crippen LogP contribution in [0.25, 0.3) is 11.3 Å². The van der Waals surface area contributed by atoms with Crippen LogP contribution in [0, 0.1) is 0 Å². The second-order valence-electron chi connectivity index (χ2n) is 4.92. The summed E-state index contributed by atoms with van der Waals surface area (Å²) in [4.78, 5) is 14.6. The minimum atomic E-state index is -0.0894. The predicted molar refractivity (Wildman–Crippen MR) is 78.9 cm³/mol. The lowest BCUT2D eigenvalue weighted by molar-refractivity contribution is 0.0334. The smallest absolute Gasteiger partial charge is 0.253 e. The summed E-state index contributed by atoms with van der Waals surface area (Å²) < 4.78 is 10.7. The standard InChI is InChI=1S/C16H18N2O3/c19-16(17-12-18-7-10-20-11-8-18)14-5-2-1-4-13(14)15-6-3-9-21-15/h1-6,9H,7-8,10-12H2,(H,17,19). The van der Waals surface area contributed by atoms with Crippen molar-refractivity contribution in [2.75, 3.05) is 33.0 Å².